The second-order valence-electron chi connectivity index (χ2n) is 8.74. The minimum absolute atomic E-state index is 0.0200. The van der Waals surface area contributed by atoms with Gasteiger partial charge in [-0.2, -0.15) is 0 Å². The Labute approximate surface area is 221 Å². The van der Waals surface area contributed by atoms with Crippen LogP contribution in [0, 0.1) is 0 Å². The molecular weight excluding hydrogens is 516 g/mol. The average molecular weight is 542 g/mol. The van der Waals surface area contributed by atoms with E-state index in [0.717, 1.165) is 17.7 Å². The van der Waals surface area contributed by atoms with Crippen LogP contribution < -0.4 is 4.74 Å². The molecule has 12 heteroatoms. The summed E-state index contributed by atoms with van der Waals surface area (Å²) in [6.07, 6.45) is -4.68. The Morgan fingerprint density at radius 3 is 2.10 bits per heavy atom. The van der Waals surface area contributed by atoms with Crippen molar-refractivity contribution in [2.24, 2.45) is 0 Å². The molecule has 0 saturated carbocycles. The van der Waals surface area contributed by atoms with Gasteiger partial charge in [-0.05, 0) is 47.5 Å². The van der Waals surface area contributed by atoms with Gasteiger partial charge in [0.2, 0.25) is 6.29 Å². The Kier molecular flexibility index (Phi) is 8.12. The molecule has 39 heavy (non-hydrogen) atoms. The smallest absolute Gasteiger partial charge is 0.339 e. The van der Waals surface area contributed by atoms with E-state index in [-0.39, 0.29) is 17.2 Å². The molecule has 0 spiro atoms. The monoisotopic (exact) mass is 542 g/mol. The lowest BCUT2D eigenvalue weighted by Crippen LogP contribution is -2.61. The summed E-state index contributed by atoms with van der Waals surface area (Å²) in [6.45, 7) is -0.709. The van der Waals surface area contributed by atoms with Crippen molar-refractivity contribution in [3.8, 4) is 34.5 Å². The van der Waals surface area contributed by atoms with Gasteiger partial charge in [0.25, 0.3) is 0 Å². The fourth-order valence-electron chi connectivity index (χ4n) is 3.87. The highest BCUT2D eigenvalue weighted by molar-refractivity contribution is 5.91. The van der Waals surface area contributed by atoms with Gasteiger partial charge >= 0.3 is 5.97 Å². The Morgan fingerprint density at radius 2 is 1.46 bits per heavy atom. The van der Waals surface area contributed by atoms with Gasteiger partial charge in [-0.25, -0.2) is 4.79 Å². The number of phenols is 5. The quantitative estimate of drug-likeness (QED) is 0.121. The van der Waals surface area contributed by atoms with Gasteiger partial charge in [-0.3, -0.25) is 0 Å². The van der Waals surface area contributed by atoms with Gasteiger partial charge in [-0.1, -0.05) is 24.3 Å². The summed E-state index contributed by atoms with van der Waals surface area (Å²) in [5.41, 5.74) is 0.846. The number of rotatable bonds is 7. The van der Waals surface area contributed by atoms with Gasteiger partial charge < -0.3 is 55.1 Å². The number of carbonyl (C=O) groups is 1. The van der Waals surface area contributed by atoms with E-state index in [4.69, 9.17) is 14.2 Å². The zero-order valence-corrected chi connectivity index (χ0v) is 20.2. The van der Waals surface area contributed by atoms with Crippen molar-refractivity contribution in [2.75, 3.05) is 6.61 Å². The minimum atomic E-state index is -1.80. The molecule has 3 aromatic rings. The van der Waals surface area contributed by atoms with Crippen LogP contribution in [0.3, 0.4) is 0 Å². The average Bonchev–Trinajstić information content (AvgIpc) is 2.90. The van der Waals surface area contributed by atoms with Crippen LogP contribution in [0.4, 0.5) is 0 Å². The summed E-state index contributed by atoms with van der Waals surface area (Å²) in [5.74, 6) is -3.70. The van der Waals surface area contributed by atoms with Crippen LogP contribution in [0.1, 0.15) is 21.5 Å². The number of aromatic hydroxyl groups is 5. The number of esters is 1. The predicted molar refractivity (Wildman–Crippen MR) is 134 cm³/mol. The minimum Gasteiger partial charge on any atom is -0.508 e. The first-order valence-electron chi connectivity index (χ1n) is 11.6. The van der Waals surface area contributed by atoms with Crippen LogP contribution in [0.2, 0.25) is 0 Å². The molecule has 0 radical (unpaired) electrons. The van der Waals surface area contributed by atoms with E-state index in [0.29, 0.717) is 5.56 Å². The number of hydrogen-bond acceptors (Lipinski definition) is 12. The topological polar surface area (TPSA) is 207 Å². The standard InChI is InChI=1S/C27H26O12/c28-12-21-23(34)24(35)25(39-26(36)15-9-19(31)22(33)20(32)10-15)27(38-21)37-18-8-14(7-17(30)11-18)2-1-13-3-5-16(29)6-4-13/h1-11,21,23-25,27-35H,12H2/t21-,23-,24-,25-,27+/m0/s1. The summed E-state index contributed by atoms with van der Waals surface area (Å²) < 4.78 is 16.6. The molecule has 1 heterocycles. The maximum Gasteiger partial charge on any atom is 0.339 e. The predicted octanol–water partition coefficient (Wildman–Crippen LogP) is 1.43. The number of ether oxygens (including phenoxy) is 3. The van der Waals surface area contributed by atoms with Crippen molar-refractivity contribution < 1.29 is 59.9 Å². The first-order chi connectivity index (χ1) is 18.5. The molecule has 1 fully saturated rings. The van der Waals surface area contributed by atoms with Crippen molar-refractivity contribution in [1.29, 1.82) is 0 Å². The van der Waals surface area contributed by atoms with Crippen LogP contribution in [0.15, 0.2) is 54.6 Å². The molecule has 0 unspecified atom stereocenters. The van der Waals surface area contributed by atoms with E-state index in [1.165, 1.54) is 30.3 Å². The molecule has 1 aliphatic heterocycles. The van der Waals surface area contributed by atoms with Crippen molar-refractivity contribution in [3.63, 3.8) is 0 Å². The third kappa shape index (κ3) is 6.33. The lowest BCUT2D eigenvalue weighted by Gasteiger charge is -2.41. The Morgan fingerprint density at radius 1 is 0.821 bits per heavy atom. The molecule has 1 saturated heterocycles. The highest BCUT2D eigenvalue weighted by Gasteiger charge is 2.48. The number of benzene rings is 3. The van der Waals surface area contributed by atoms with Crippen molar-refractivity contribution in [1.82, 2.24) is 0 Å². The number of carbonyl (C=O) groups excluding carboxylic acids is 1. The zero-order valence-electron chi connectivity index (χ0n) is 20.2. The lowest BCUT2D eigenvalue weighted by atomic mass is 9.99. The normalized spacial score (nSPS) is 23.0. The third-order valence-electron chi connectivity index (χ3n) is 5.90. The summed E-state index contributed by atoms with van der Waals surface area (Å²) in [7, 11) is 0. The number of hydrogen-bond donors (Lipinski definition) is 8. The van der Waals surface area contributed by atoms with E-state index in [2.05, 4.69) is 0 Å². The summed E-state index contributed by atoms with van der Waals surface area (Å²) in [5, 5.41) is 79.1. The van der Waals surface area contributed by atoms with Gasteiger partial charge in [0.15, 0.2) is 23.4 Å². The summed E-state index contributed by atoms with van der Waals surface area (Å²) in [4.78, 5) is 12.7. The van der Waals surface area contributed by atoms with E-state index < -0.39 is 66.1 Å². The fraction of sp³-hybridized carbons (Fsp3) is 0.222. The zero-order chi connectivity index (χ0) is 28.3. The number of phenolic OH excluding ortho intramolecular Hbond substituents is 5. The Bertz CT molecular complexity index is 1330. The second kappa shape index (κ2) is 11.5. The highest BCUT2D eigenvalue weighted by atomic mass is 16.7. The summed E-state index contributed by atoms with van der Waals surface area (Å²) >= 11 is 0. The molecule has 4 rings (SSSR count). The van der Waals surface area contributed by atoms with Crippen LogP contribution in [0.25, 0.3) is 12.2 Å². The van der Waals surface area contributed by atoms with Crippen LogP contribution in [0.5, 0.6) is 34.5 Å². The van der Waals surface area contributed by atoms with Gasteiger partial charge in [0, 0.05) is 6.07 Å². The first kappa shape index (κ1) is 27.5. The third-order valence-corrected chi connectivity index (χ3v) is 5.90. The number of aliphatic hydroxyl groups is 3. The molecule has 3 aromatic carbocycles. The van der Waals surface area contributed by atoms with Gasteiger partial charge in [-0.15, -0.1) is 0 Å². The molecule has 0 amide bonds. The highest BCUT2D eigenvalue weighted by Crippen LogP contribution is 2.36. The van der Waals surface area contributed by atoms with E-state index >= 15 is 0 Å². The van der Waals surface area contributed by atoms with Crippen LogP contribution in [-0.2, 0) is 9.47 Å². The number of aliphatic hydroxyl groups excluding tert-OH is 3. The molecule has 8 N–H and O–H groups in total. The van der Waals surface area contributed by atoms with E-state index in [1.54, 1.807) is 24.3 Å². The fourth-order valence-corrected chi connectivity index (χ4v) is 3.87. The SMILES string of the molecule is O=C(O[C@@H]1[C@H](Oc2cc(O)cc(C=Cc3ccc(O)cc3)c2)O[C@@H](CO)[C@H](O)[C@@H]1O)c1cc(O)c(O)c(O)c1. The second-order valence-corrected chi connectivity index (χ2v) is 8.74. The molecule has 5 atom stereocenters. The van der Waals surface area contributed by atoms with Gasteiger partial charge in [0.05, 0.1) is 12.2 Å². The maximum atomic E-state index is 12.7. The molecule has 1 aliphatic rings. The largest absolute Gasteiger partial charge is 0.508 e. The van der Waals surface area contributed by atoms with Gasteiger partial charge in [0.1, 0.15) is 35.6 Å². The first-order valence-corrected chi connectivity index (χ1v) is 11.6. The van der Waals surface area contributed by atoms with Crippen molar-refractivity contribution in [2.45, 2.75) is 30.7 Å². The van der Waals surface area contributed by atoms with Crippen molar-refractivity contribution >= 4 is 18.1 Å². The maximum absolute atomic E-state index is 12.7. The Balaban J connectivity index is 1.59. The molecular formula is C27H26O12. The Hall–Kier alpha value is -4.49. The van der Waals surface area contributed by atoms with E-state index in [1.807, 2.05) is 0 Å². The lowest BCUT2D eigenvalue weighted by molar-refractivity contribution is -0.276. The molecule has 0 bridgehead atoms. The van der Waals surface area contributed by atoms with Crippen LogP contribution in [-0.4, -0.2) is 84.1 Å². The molecule has 0 aromatic heterocycles. The van der Waals surface area contributed by atoms with Crippen LogP contribution >= 0.6 is 0 Å². The molecule has 206 valence electrons. The summed E-state index contributed by atoms with van der Waals surface area (Å²) in [6, 6.07) is 12.2. The van der Waals surface area contributed by atoms with Crippen molar-refractivity contribution in [3.05, 3.63) is 71.3 Å². The van der Waals surface area contributed by atoms with E-state index in [9.17, 15) is 45.6 Å². The molecule has 12 nitrogen and oxygen atoms in total. The molecule has 0 aliphatic carbocycles.